The molecule has 1 aliphatic heterocycles. The number of carbonyl (C=O) groups is 2. The highest BCUT2D eigenvalue weighted by Gasteiger charge is 2.37. The van der Waals surface area contributed by atoms with Gasteiger partial charge >= 0.3 is 0 Å². The second kappa shape index (κ2) is 5.32. The van der Waals surface area contributed by atoms with E-state index in [4.69, 9.17) is 17.3 Å². The third-order valence-electron chi connectivity index (χ3n) is 2.45. The SMILES string of the molecule is NC(=O)C1CC(O)CN1C(=O)CCCCl. The Balaban J connectivity index is 2.58. The summed E-state index contributed by atoms with van der Waals surface area (Å²) in [5.74, 6) is -0.328. The minimum Gasteiger partial charge on any atom is -0.391 e. The Hall–Kier alpha value is -0.810. The minimum absolute atomic E-state index is 0.170. The quantitative estimate of drug-likeness (QED) is 0.641. The fourth-order valence-corrected chi connectivity index (χ4v) is 1.85. The summed E-state index contributed by atoms with van der Waals surface area (Å²) in [5.41, 5.74) is 5.15. The van der Waals surface area contributed by atoms with Crippen molar-refractivity contribution in [1.82, 2.24) is 4.90 Å². The zero-order valence-corrected chi connectivity index (χ0v) is 9.11. The van der Waals surface area contributed by atoms with Crippen LogP contribution >= 0.6 is 11.6 Å². The van der Waals surface area contributed by atoms with Gasteiger partial charge < -0.3 is 15.7 Å². The van der Waals surface area contributed by atoms with Crippen LogP contribution in [0.1, 0.15) is 19.3 Å². The molecule has 15 heavy (non-hydrogen) atoms. The molecule has 1 heterocycles. The van der Waals surface area contributed by atoms with Gasteiger partial charge in [0, 0.05) is 25.3 Å². The minimum atomic E-state index is -0.664. The van der Waals surface area contributed by atoms with Crippen LogP contribution in [-0.4, -0.2) is 46.4 Å². The summed E-state index contributed by atoms with van der Waals surface area (Å²) < 4.78 is 0. The highest BCUT2D eigenvalue weighted by Crippen LogP contribution is 2.19. The standard InChI is InChI=1S/C9H15ClN2O3/c10-3-1-2-8(14)12-5-6(13)4-7(12)9(11)15/h6-7,13H,1-5H2,(H2,11,15). The Labute approximate surface area is 93.2 Å². The van der Waals surface area contributed by atoms with Gasteiger partial charge in [-0.05, 0) is 6.42 Å². The fourth-order valence-electron chi connectivity index (χ4n) is 1.72. The van der Waals surface area contributed by atoms with Gasteiger partial charge in [0.25, 0.3) is 0 Å². The molecule has 0 aliphatic carbocycles. The van der Waals surface area contributed by atoms with Crippen LogP contribution in [0.25, 0.3) is 0 Å². The number of alkyl halides is 1. The van der Waals surface area contributed by atoms with Gasteiger partial charge in [-0.15, -0.1) is 11.6 Å². The second-order valence-electron chi connectivity index (χ2n) is 3.65. The molecule has 2 amide bonds. The molecule has 2 unspecified atom stereocenters. The summed E-state index contributed by atoms with van der Waals surface area (Å²) in [6.45, 7) is 0.189. The van der Waals surface area contributed by atoms with Gasteiger partial charge in [-0.3, -0.25) is 9.59 Å². The molecule has 0 saturated carbocycles. The van der Waals surface area contributed by atoms with E-state index in [-0.39, 0.29) is 18.9 Å². The number of aliphatic hydroxyl groups excluding tert-OH is 1. The first-order valence-electron chi connectivity index (χ1n) is 4.89. The van der Waals surface area contributed by atoms with Crippen molar-refractivity contribution < 1.29 is 14.7 Å². The lowest BCUT2D eigenvalue weighted by atomic mass is 10.2. The molecule has 5 nitrogen and oxygen atoms in total. The number of nitrogens with zero attached hydrogens (tertiary/aromatic N) is 1. The molecular formula is C9H15ClN2O3. The maximum atomic E-state index is 11.6. The van der Waals surface area contributed by atoms with Gasteiger partial charge in [0.15, 0.2) is 0 Å². The van der Waals surface area contributed by atoms with Crippen LogP contribution < -0.4 is 5.73 Å². The van der Waals surface area contributed by atoms with Crippen molar-refractivity contribution in [1.29, 1.82) is 0 Å². The average Bonchev–Trinajstić information content (AvgIpc) is 2.57. The number of halogens is 1. The Morgan fingerprint density at radius 3 is 2.73 bits per heavy atom. The van der Waals surface area contributed by atoms with E-state index in [2.05, 4.69) is 0 Å². The Morgan fingerprint density at radius 1 is 1.53 bits per heavy atom. The van der Waals surface area contributed by atoms with Crippen LogP contribution in [0.2, 0.25) is 0 Å². The molecule has 0 radical (unpaired) electrons. The first-order valence-corrected chi connectivity index (χ1v) is 5.42. The molecule has 6 heteroatoms. The summed E-state index contributed by atoms with van der Waals surface area (Å²) in [6.07, 6.45) is 0.447. The van der Waals surface area contributed by atoms with Crippen molar-refractivity contribution in [3.63, 3.8) is 0 Å². The number of amides is 2. The Bertz CT molecular complexity index is 260. The topological polar surface area (TPSA) is 83.6 Å². The van der Waals surface area contributed by atoms with Crippen molar-refractivity contribution in [2.45, 2.75) is 31.4 Å². The number of carbonyl (C=O) groups excluding carboxylic acids is 2. The number of hydrogen-bond acceptors (Lipinski definition) is 3. The highest BCUT2D eigenvalue weighted by atomic mass is 35.5. The van der Waals surface area contributed by atoms with E-state index in [0.717, 1.165) is 0 Å². The lowest BCUT2D eigenvalue weighted by molar-refractivity contribution is -0.137. The van der Waals surface area contributed by atoms with Crippen LogP contribution in [0, 0.1) is 0 Å². The number of nitrogens with two attached hydrogens (primary N) is 1. The van der Waals surface area contributed by atoms with E-state index in [9.17, 15) is 14.7 Å². The first kappa shape index (κ1) is 12.3. The van der Waals surface area contributed by atoms with Crippen LogP contribution in [-0.2, 0) is 9.59 Å². The van der Waals surface area contributed by atoms with E-state index in [0.29, 0.717) is 18.7 Å². The molecule has 0 aromatic heterocycles. The predicted molar refractivity (Wildman–Crippen MR) is 55.3 cm³/mol. The third-order valence-corrected chi connectivity index (χ3v) is 2.72. The van der Waals surface area contributed by atoms with Gasteiger partial charge in [0.2, 0.25) is 11.8 Å². The molecule has 1 saturated heterocycles. The van der Waals surface area contributed by atoms with E-state index in [1.165, 1.54) is 4.90 Å². The lowest BCUT2D eigenvalue weighted by Crippen LogP contribution is -2.43. The van der Waals surface area contributed by atoms with E-state index >= 15 is 0 Å². The van der Waals surface area contributed by atoms with Gasteiger partial charge in [0.1, 0.15) is 6.04 Å². The Kier molecular flexibility index (Phi) is 4.35. The first-order chi connectivity index (χ1) is 7.06. The lowest BCUT2D eigenvalue weighted by Gasteiger charge is -2.21. The second-order valence-corrected chi connectivity index (χ2v) is 4.02. The van der Waals surface area contributed by atoms with E-state index in [1.54, 1.807) is 0 Å². The average molecular weight is 235 g/mol. The van der Waals surface area contributed by atoms with Gasteiger partial charge in [-0.1, -0.05) is 0 Å². The van der Waals surface area contributed by atoms with Crippen LogP contribution in [0.3, 0.4) is 0 Å². The van der Waals surface area contributed by atoms with Crippen molar-refractivity contribution in [2.24, 2.45) is 5.73 Å². The van der Waals surface area contributed by atoms with Gasteiger partial charge in [-0.2, -0.15) is 0 Å². The molecular weight excluding hydrogens is 220 g/mol. The largest absolute Gasteiger partial charge is 0.391 e. The molecule has 1 fully saturated rings. The molecule has 0 spiro atoms. The number of rotatable bonds is 4. The zero-order chi connectivity index (χ0) is 11.4. The smallest absolute Gasteiger partial charge is 0.240 e. The summed E-state index contributed by atoms with van der Waals surface area (Å²) >= 11 is 5.47. The molecule has 2 atom stereocenters. The van der Waals surface area contributed by atoms with E-state index < -0.39 is 18.1 Å². The maximum absolute atomic E-state index is 11.6. The molecule has 3 N–H and O–H groups in total. The highest BCUT2D eigenvalue weighted by molar-refractivity contribution is 6.17. The van der Waals surface area contributed by atoms with Crippen molar-refractivity contribution in [3.05, 3.63) is 0 Å². The number of aliphatic hydroxyl groups is 1. The molecule has 0 bridgehead atoms. The maximum Gasteiger partial charge on any atom is 0.240 e. The summed E-state index contributed by atoms with van der Waals surface area (Å²) in [4.78, 5) is 24.0. The van der Waals surface area contributed by atoms with Gasteiger partial charge in [0.05, 0.1) is 6.10 Å². The van der Waals surface area contributed by atoms with E-state index in [1.807, 2.05) is 0 Å². The van der Waals surface area contributed by atoms with Crippen LogP contribution in [0.5, 0.6) is 0 Å². The van der Waals surface area contributed by atoms with Crippen molar-refractivity contribution in [2.75, 3.05) is 12.4 Å². The monoisotopic (exact) mass is 234 g/mol. The number of β-amino-alcohol motifs (C(OH)–C–C–N with tert-alkyl or cyclic N) is 1. The predicted octanol–water partition coefficient (Wildman–Crippen LogP) is -0.547. The molecule has 86 valence electrons. The molecule has 0 aromatic carbocycles. The molecule has 1 aliphatic rings. The number of hydrogen-bond donors (Lipinski definition) is 2. The zero-order valence-electron chi connectivity index (χ0n) is 8.36. The Morgan fingerprint density at radius 2 is 2.20 bits per heavy atom. The van der Waals surface area contributed by atoms with Gasteiger partial charge in [-0.25, -0.2) is 0 Å². The number of likely N-dealkylation sites (tertiary alicyclic amines) is 1. The molecule has 1 rings (SSSR count). The summed E-state index contributed by atoms with van der Waals surface area (Å²) in [5, 5.41) is 9.37. The van der Waals surface area contributed by atoms with Crippen molar-refractivity contribution >= 4 is 23.4 Å². The summed E-state index contributed by atoms with van der Waals surface area (Å²) in [7, 11) is 0. The third kappa shape index (κ3) is 3.07. The van der Waals surface area contributed by atoms with Crippen LogP contribution in [0.15, 0.2) is 0 Å². The number of primary amides is 1. The molecule has 0 aromatic rings. The normalized spacial score (nSPS) is 25.6. The summed E-state index contributed by atoms with van der Waals surface area (Å²) in [6, 6.07) is -0.664. The fraction of sp³-hybridized carbons (Fsp3) is 0.778. The van der Waals surface area contributed by atoms with Crippen molar-refractivity contribution in [3.8, 4) is 0 Å². The van der Waals surface area contributed by atoms with Crippen LogP contribution in [0.4, 0.5) is 0 Å².